The fourth-order valence-corrected chi connectivity index (χ4v) is 4.15. The van der Waals surface area contributed by atoms with Gasteiger partial charge in [-0.05, 0) is 52.7 Å². The van der Waals surface area contributed by atoms with Gasteiger partial charge in [0.05, 0.1) is 10.7 Å². The molecule has 0 aliphatic carbocycles. The maximum absolute atomic E-state index is 12.4. The van der Waals surface area contributed by atoms with Crippen LogP contribution in [0.1, 0.15) is 5.56 Å². The van der Waals surface area contributed by atoms with E-state index in [0.717, 1.165) is 5.56 Å². The molecule has 20 heavy (non-hydrogen) atoms. The highest BCUT2D eigenvalue weighted by Crippen LogP contribution is 2.30. The molecule has 0 aliphatic heterocycles. The molecule has 0 atom stereocenters. The van der Waals surface area contributed by atoms with Crippen molar-refractivity contribution in [1.29, 1.82) is 0 Å². The Morgan fingerprint density at radius 2 is 1.95 bits per heavy atom. The summed E-state index contributed by atoms with van der Waals surface area (Å²) < 4.78 is 27.8. The van der Waals surface area contributed by atoms with E-state index < -0.39 is 10.0 Å². The van der Waals surface area contributed by atoms with E-state index >= 15 is 0 Å². The van der Waals surface area contributed by atoms with Crippen LogP contribution in [0.4, 0.5) is 11.4 Å². The molecule has 2 aromatic carbocycles. The molecule has 0 saturated heterocycles. The molecular formula is C13H12BrClN2O2S. The van der Waals surface area contributed by atoms with Gasteiger partial charge in [0.15, 0.2) is 0 Å². The highest BCUT2D eigenvalue weighted by atomic mass is 79.9. The molecule has 0 fully saturated rings. The van der Waals surface area contributed by atoms with Gasteiger partial charge in [-0.15, -0.1) is 0 Å². The lowest BCUT2D eigenvalue weighted by Gasteiger charge is -2.13. The van der Waals surface area contributed by atoms with Gasteiger partial charge in [0.2, 0.25) is 0 Å². The van der Waals surface area contributed by atoms with E-state index in [1.807, 2.05) is 0 Å². The van der Waals surface area contributed by atoms with Crippen LogP contribution in [0.3, 0.4) is 0 Å². The van der Waals surface area contributed by atoms with Gasteiger partial charge in [-0.2, -0.15) is 0 Å². The SMILES string of the molecule is Cc1cccc(Cl)c1NS(=O)(=O)c1cc(N)ccc1Br. The quantitative estimate of drug-likeness (QED) is 0.802. The third-order valence-electron chi connectivity index (χ3n) is 2.70. The van der Waals surface area contributed by atoms with Crippen LogP contribution >= 0.6 is 27.5 Å². The fraction of sp³-hybridized carbons (Fsp3) is 0.0769. The summed E-state index contributed by atoms with van der Waals surface area (Å²) in [6.07, 6.45) is 0. The highest BCUT2D eigenvalue weighted by molar-refractivity contribution is 9.10. The van der Waals surface area contributed by atoms with E-state index in [1.54, 1.807) is 37.3 Å². The predicted molar refractivity (Wildman–Crippen MR) is 85.6 cm³/mol. The minimum Gasteiger partial charge on any atom is -0.399 e. The van der Waals surface area contributed by atoms with Crippen molar-refractivity contribution in [3.63, 3.8) is 0 Å². The molecule has 0 heterocycles. The van der Waals surface area contributed by atoms with E-state index in [4.69, 9.17) is 17.3 Å². The zero-order chi connectivity index (χ0) is 14.9. The monoisotopic (exact) mass is 374 g/mol. The standard InChI is InChI=1S/C13H12BrClN2O2S/c1-8-3-2-4-11(15)13(8)17-20(18,19)12-7-9(16)5-6-10(12)14/h2-7,17H,16H2,1H3. The molecule has 106 valence electrons. The van der Waals surface area contributed by atoms with Crippen LogP contribution in [0.2, 0.25) is 5.02 Å². The van der Waals surface area contributed by atoms with Crippen LogP contribution in [-0.2, 0) is 10.0 Å². The van der Waals surface area contributed by atoms with E-state index in [0.29, 0.717) is 20.9 Å². The number of hydrogen-bond acceptors (Lipinski definition) is 3. The summed E-state index contributed by atoms with van der Waals surface area (Å²) in [5, 5.41) is 0.341. The molecule has 2 aromatic rings. The lowest BCUT2D eigenvalue weighted by atomic mass is 10.2. The number of nitrogen functional groups attached to an aromatic ring is 1. The van der Waals surface area contributed by atoms with Crippen molar-refractivity contribution in [2.24, 2.45) is 0 Å². The summed E-state index contributed by atoms with van der Waals surface area (Å²) in [7, 11) is -3.77. The van der Waals surface area contributed by atoms with E-state index in [2.05, 4.69) is 20.7 Å². The Morgan fingerprint density at radius 3 is 2.60 bits per heavy atom. The van der Waals surface area contributed by atoms with Crippen molar-refractivity contribution < 1.29 is 8.42 Å². The summed E-state index contributed by atoms with van der Waals surface area (Å²) in [6, 6.07) is 9.75. The number of anilines is 2. The molecule has 0 unspecified atom stereocenters. The Morgan fingerprint density at radius 1 is 1.25 bits per heavy atom. The topological polar surface area (TPSA) is 72.2 Å². The number of halogens is 2. The largest absolute Gasteiger partial charge is 0.399 e. The second kappa shape index (κ2) is 5.63. The van der Waals surface area contributed by atoms with E-state index in [9.17, 15) is 8.42 Å². The van der Waals surface area contributed by atoms with Crippen LogP contribution in [-0.4, -0.2) is 8.42 Å². The summed E-state index contributed by atoms with van der Waals surface area (Å²) in [5.41, 5.74) is 7.10. The Balaban J connectivity index is 2.49. The summed E-state index contributed by atoms with van der Waals surface area (Å²) in [4.78, 5) is 0.0665. The number of para-hydroxylation sites is 1. The first-order valence-corrected chi connectivity index (χ1v) is 8.29. The van der Waals surface area contributed by atoms with Crippen molar-refractivity contribution >= 4 is 48.9 Å². The molecule has 3 N–H and O–H groups in total. The third kappa shape index (κ3) is 3.08. The zero-order valence-corrected chi connectivity index (χ0v) is 13.7. The average molecular weight is 376 g/mol. The van der Waals surface area contributed by atoms with E-state index in [-0.39, 0.29) is 4.90 Å². The second-order valence-electron chi connectivity index (χ2n) is 4.23. The van der Waals surface area contributed by atoms with Crippen molar-refractivity contribution in [2.75, 3.05) is 10.5 Å². The minimum atomic E-state index is -3.77. The van der Waals surface area contributed by atoms with Gasteiger partial charge in [0, 0.05) is 10.2 Å². The fourth-order valence-electron chi connectivity index (χ4n) is 1.68. The van der Waals surface area contributed by atoms with Gasteiger partial charge in [-0.3, -0.25) is 4.72 Å². The Kier molecular flexibility index (Phi) is 4.27. The molecule has 7 heteroatoms. The van der Waals surface area contributed by atoms with Gasteiger partial charge >= 0.3 is 0 Å². The number of aryl methyl sites for hydroxylation is 1. The first-order valence-electron chi connectivity index (χ1n) is 5.64. The summed E-state index contributed by atoms with van der Waals surface area (Å²) in [6.45, 7) is 1.78. The van der Waals surface area contributed by atoms with Crippen molar-refractivity contribution in [3.05, 3.63) is 51.5 Å². The number of nitrogens with two attached hydrogens (primary N) is 1. The number of nitrogens with one attached hydrogen (secondary N) is 1. The smallest absolute Gasteiger partial charge is 0.263 e. The first kappa shape index (κ1) is 15.2. The molecule has 0 radical (unpaired) electrons. The van der Waals surface area contributed by atoms with Crippen LogP contribution in [0, 0.1) is 6.92 Å². The van der Waals surface area contributed by atoms with E-state index in [1.165, 1.54) is 6.07 Å². The second-order valence-corrected chi connectivity index (χ2v) is 7.14. The van der Waals surface area contributed by atoms with Gasteiger partial charge in [-0.1, -0.05) is 23.7 Å². The van der Waals surface area contributed by atoms with Crippen LogP contribution in [0.15, 0.2) is 45.8 Å². The predicted octanol–water partition coefficient (Wildman–Crippen LogP) is 3.79. The molecule has 0 bridgehead atoms. The highest BCUT2D eigenvalue weighted by Gasteiger charge is 2.20. The molecule has 2 rings (SSSR count). The molecule has 0 aliphatic rings. The Hall–Kier alpha value is -1.24. The minimum absolute atomic E-state index is 0.0665. The van der Waals surface area contributed by atoms with Gasteiger partial charge < -0.3 is 5.73 Å². The molecular weight excluding hydrogens is 364 g/mol. The van der Waals surface area contributed by atoms with Gasteiger partial charge in [-0.25, -0.2) is 8.42 Å². The number of benzene rings is 2. The molecule has 0 saturated carbocycles. The average Bonchev–Trinajstić information content (AvgIpc) is 2.37. The first-order chi connectivity index (χ1) is 9.31. The van der Waals surface area contributed by atoms with Crippen molar-refractivity contribution in [3.8, 4) is 0 Å². The lowest BCUT2D eigenvalue weighted by Crippen LogP contribution is -2.15. The molecule has 0 aromatic heterocycles. The zero-order valence-electron chi connectivity index (χ0n) is 10.5. The maximum atomic E-state index is 12.4. The van der Waals surface area contributed by atoms with Gasteiger partial charge in [0.25, 0.3) is 10.0 Å². The van der Waals surface area contributed by atoms with Crippen LogP contribution in [0.5, 0.6) is 0 Å². The van der Waals surface area contributed by atoms with Crippen LogP contribution in [0.25, 0.3) is 0 Å². The molecule has 0 amide bonds. The summed E-state index contributed by atoms with van der Waals surface area (Å²) in [5.74, 6) is 0. The molecule has 4 nitrogen and oxygen atoms in total. The number of rotatable bonds is 3. The maximum Gasteiger partial charge on any atom is 0.263 e. The molecule has 0 spiro atoms. The third-order valence-corrected chi connectivity index (χ3v) is 5.36. The summed E-state index contributed by atoms with van der Waals surface area (Å²) >= 11 is 9.24. The van der Waals surface area contributed by atoms with Crippen molar-refractivity contribution in [1.82, 2.24) is 0 Å². The lowest BCUT2D eigenvalue weighted by molar-refractivity contribution is 0.600. The normalized spacial score (nSPS) is 11.3. The van der Waals surface area contributed by atoms with Gasteiger partial charge in [0.1, 0.15) is 4.90 Å². The van der Waals surface area contributed by atoms with Crippen molar-refractivity contribution in [2.45, 2.75) is 11.8 Å². The Labute approximate surface area is 131 Å². The number of sulfonamides is 1. The Bertz CT molecular complexity index is 743. The van der Waals surface area contributed by atoms with Crippen LogP contribution < -0.4 is 10.5 Å². The number of hydrogen-bond donors (Lipinski definition) is 2.